The van der Waals surface area contributed by atoms with Crippen molar-refractivity contribution in [3.8, 4) is 5.75 Å². The van der Waals surface area contributed by atoms with Crippen molar-refractivity contribution < 1.29 is 17.9 Å². The van der Waals surface area contributed by atoms with Crippen LogP contribution in [0.5, 0.6) is 5.75 Å². The fourth-order valence-electron chi connectivity index (χ4n) is 2.97. The van der Waals surface area contributed by atoms with E-state index in [1.165, 1.54) is 0 Å². The number of sulfonamides is 1. The van der Waals surface area contributed by atoms with Gasteiger partial charge in [-0.15, -0.1) is 0 Å². The van der Waals surface area contributed by atoms with Crippen LogP contribution in [0.4, 0.5) is 0 Å². The van der Waals surface area contributed by atoms with Gasteiger partial charge in [0.1, 0.15) is 5.75 Å². The Hall–Kier alpha value is -2.44. The highest BCUT2D eigenvalue weighted by Crippen LogP contribution is 2.31. The Balaban J connectivity index is 2.01. The normalized spacial score (nSPS) is 15.6. The van der Waals surface area contributed by atoms with E-state index in [4.69, 9.17) is 4.74 Å². The molecule has 5 nitrogen and oxygen atoms in total. The summed E-state index contributed by atoms with van der Waals surface area (Å²) in [4.78, 5) is 12.4. The van der Waals surface area contributed by atoms with Gasteiger partial charge in [0.25, 0.3) is 0 Å². The average Bonchev–Trinajstić information content (AvgIpc) is 3.06. The van der Waals surface area contributed by atoms with Gasteiger partial charge >= 0.3 is 0 Å². The number of rotatable bonds is 6. The molecule has 0 bridgehead atoms. The molecular formula is C20H21NO4S. The van der Waals surface area contributed by atoms with Crippen LogP contribution in [-0.4, -0.2) is 21.3 Å². The maximum absolute atomic E-state index is 12.9. The van der Waals surface area contributed by atoms with Crippen LogP contribution in [0.3, 0.4) is 0 Å². The third kappa shape index (κ3) is 3.86. The highest BCUT2D eigenvalue weighted by Gasteiger charge is 2.30. The number of methoxy groups -OCH3 is 1. The predicted octanol–water partition coefficient (Wildman–Crippen LogP) is 3.31. The summed E-state index contributed by atoms with van der Waals surface area (Å²) in [6, 6.07) is 13.0. The summed E-state index contributed by atoms with van der Waals surface area (Å²) in [5.41, 5.74) is 2.12. The van der Waals surface area contributed by atoms with Gasteiger partial charge in [0.2, 0.25) is 10.0 Å². The minimum Gasteiger partial charge on any atom is -0.497 e. The first-order valence-electron chi connectivity index (χ1n) is 8.37. The van der Waals surface area contributed by atoms with Gasteiger partial charge in [-0.3, -0.25) is 4.79 Å². The predicted molar refractivity (Wildman–Crippen MR) is 99.6 cm³/mol. The van der Waals surface area contributed by atoms with Crippen LogP contribution in [0.2, 0.25) is 0 Å². The van der Waals surface area contributed by atoms with Crippen molar-refractivity contribution in [3.05, 3.63) is 71.3 Å². The van der Waals surface area contributed by atoms with Crippen LogP contribution in [0, 0.1) is 6.92 Å². The number of carbonyl (C=O) groups excluding carboxylic acids is 1. The Bertz CT molecular complexity index is 946. The number of ether oxygens (including phenoxy) is 1. The number of benzene rings is 2. The van der Waals surface area contributed by atoms with Gasteiger partial charge in [-0.2, -0.15) is 4.72 Å². The number of allylic oxidation sites excluding steroid dienone is 1. The largest absolute Gasteiger partial charge is 0.497 e. The molecule has 0 saturated heterocycles. The standard InChI is InChI=1S/C20H21NO4S/c1-14-9-11-17(12-10-14)26(23,24)21-20(18-7-4-8-19(18)22)15-5-3-6-16(13-15)25-2/h3,5-7,9-13,20-21H,4,8H2,1-2H3. The molecule has 6 heteroatoms. The summed E-state index contributed by atoms with van der Waals surface area (Å²) in [5.74, 6) is 0.567. The summed E-state index contributed by atoms with van der Waals surface area (Å²) in [5, 5.41) is 0. The van der Waals surface area contributed by atoms with Crippen molar-refractivity contribution >= 4 is 15.8 Å². The second kappa shape index (κ2) is 7.43. The van der Waals surface area contributed by atoms with Crippen molar-refractivity contribution in [1.29, 1.82) is 0 Å². The lowest BCUT2D eigenvalue weighted by Gasteiger charge is -2.20. The lowest BCUT2D eigenvalue weighted by Crippen LogP contribution is -2.31. The highest BCUT2D eigenvalue weighted by atomic mass is 32.2. The zero-order chi connectivity index (χ0) is 18.7. The Kier molecular flexibility index (Phi) is 5.25. The van der Waals surface area contributed by atoms with Crippen molar-refractivity contribution in [1.82, 2.24) is 4.72 Å². The van der Waals surface area contributed by atoms with Gasteiger partial charge in [0, 0.05) is 12.0 Å². The third-order valence-corrected chi connectivity index (χ3v) is 5.84. The quantitative estimate of drug-likeness (QED) is 0.845. The van der Waals surface area contributed by atoms with Crippen LogP contribution in [-0.2, 0) is 14.8 Å². The Morgan fingerprint density at radius 1 is 1.12 bits per heavy atom. The molecule has 136 valence electrons. The molecule has 2 aromatic carbocycles. The third-order valence-electron chi connectivity index (χ3n) is 4.40. The maximum atomic E-state index is 12.9. The van der Waals surface area contributed by atoms with E-state index in [2.05, 4.69) is 4.72 Å². The first-order chi connectivity index (χ1) is 12.4. The van der Waals surface area contributed by atoms with Crippen LogP contribution < -0.4 is 9.46 Å². The number of nitrogens with one attached hydrogen (secondary N) is 1. The summed E-state index contributed by atoms with van der Waals surface area (Å²) < 4.78 is 33.7. The van der Waals surface area contributed by atoms with Gasteiger partial charge in [0.05, 0.1) is 18.0 Å². The second-order valence-corrected chi connectivity index (χ2v) is 7.98. The molecule has 1 N–H and O–H groups in total. The summed E-state index contributed by atoms with van der Waals surface area (Å²) >= 11 is 0. The van der Waals surface area contributed by atoms with Gasteiger partial charge in [-0.1, -0.05) is 35.9 Å². The number of aryl methyl sites for hydroxylation is 1. The molecule has 26 heavy (non-hydrogen) atoms. The lowest BCUT2D eigenvalue weighted by molar-refractivity contribution is -0.115. The molecule has 0 aromatic heterocycles. The molecule has 1 aliphatic carbocycles. The number of hydrogen-bond acceptors (Lipinski definition) is 4. The molecule has 0 heterocycles. The SMILES string of the molecule is COc1cccc(C(NS(=O)(=O)c2ccc(C)cc2)C2=CCCC2=O)c1. The Labute approximate surface area is 153 Å². The average molecular weight is 371 g/mol. The van der Waals surface area contributed by atoms with E-state index in [1.807, 2.05) is 13.0 Å². The zero-order valence-electron chi connectivity index (χ0n) is 14.7. The minimum atomic E-state index is -3.79. The van der Waals surface area contributed by atoms with Crippen molar-refractivity contribution in [2.45, 2.75) is 30.7 Å². The Morgan fingerprint density at radius 3 is 2.46 bits per heavy atom. The lowest BCUT2D eigenvalue weighted by atomic mass is 9.98. The monoisotopic (exact) mass is 371 g/mol. The molecule has 0 aliphatic heterocycles. The number of ketones is 1. The van der Waals surface area contributed by atoms with Crippen LogP contribution in [0.25, 0.3) is 0 Å². The van der Waals surface area contributed by atoms with E-state index >= 15 is 0 Å². The first kappa shape index (κ1) is 18.4. The van der Waals surface area contributed by atoms with Crippen molar-refractivity contribution in [2.24, 2.45) is 0 Å². The van der Waals surface area contributed by atoms with Gasteiger partial charge in [-0.05, 0) is 43.2 Å². The van der Waals surface area contributed by atoms with Gasteiger partial charge < -0.3 is 4.74 Å². The van der Waals surface area contributed by atoms with E-state index < -0.39 is 16.1 Å². The molecule has 0 spiro atoms. The van der Waals surface area contributed by atoms with E-state index in [9.17, 15) is 13.2 Å². The molecule has 1 unspecified atom stereocenters. The highest BCUT2D eigenvalue weighted by molar-refractivity contribution is 7.89. The van der Waals surface area contributed by atoms with Gasteiger partial charge in [-0.25, -0.2) is 8.42 Å². The fraction of sp³-hybridized carbons (Fsp3) is 0.250. The summed E-state index contributed by atoms with van der Waals surface area (Å²) in [7, 11) is -2.24. The van der Waals surface area contributed by atoms with Crippen LogP contribution in [0.15, 0.2) is 65.1 Å². The molecule has 0 saturated carbocycles. The van der Waals surface area contributed by atoms with Crippen molar-refractivity contribution in [3.63, 3.8) is 0 Å². The van der Waals surface area contributed by atoms with E-state index in [0.29, 0.717) is 29.7 Å². The Morgan fingerprint density at radius 2 is 1.85 bits per heavy atom. The summed E-state index contributed by atoms with van der Waals surface area (Å²) in [6.45, 7) is 1.89. The topological polar surface area (TPSA) is 72.5 Å². The van der Waals surface area contributed by atoms with Crippen LogP contribution >= 0.6 is 0 Å². The van der Waals surface area contributed by atoms with Crippen LogP contribution in [0.1, 0.15) is 30.0 Å². The molecule has 3 rings (SSSR count). The smallest absolute Gasteiger partial charge is 0.241 e. The molecule has 0 amide bonds. The maximum Gasteiger partial charge on any atom is 0.241 e. The molecule has 0 fully saturated rings. The second-order valence-electron chi connectivity index (χ2n) is 6.27. The van der Waals surface area contributed by atoms with Gasteiger partial charge in [0.15, 0.2) is 5.78 Å². The van der Waals surface area contributed by atoms with E-state index in [0.717, 1.165) is 5.56 Å². The van der Waals surface area contributed by atoms with E-state index in [1.54, 1.807) is 55.6 Å². The summed E-state index contributed by atoms with van der Waals surface area (Å²) in [6.07, 6.45) is 2.84. The van der Waals surface area contributed by atoms with E-state index in [-0.39, 0.29) is 10.7 Å². The minimum absolute atomic E-state index is 0.0376. The first-order valence-corrected chi connectivity index (χ1v) is 9.85. The zero-order valence-corrected chi connectivity index (χ0v) is 15.5. The molecule has 0 radical (unpaired) electrons. The number of carbonyl (C=O) groups is 1. The molecule has 1 atom stereocenters. The number of hydrogen-bond donors (Lipinski definition) is 1. The van der Waals surface area contributed by atoms with Crippen molar-refractivity contribution in [2.75, 3.05) is 7.11 Å². The fourth-order valence-corrected chi connectivity index (χ4v) is 4.17. The molecular weight excluding hydrogens is 350 g/mol. The molecule has 1 aliphatic rings. The number of Topliss-reactive ketones (excluding diaryl/α,β-unsaturated/α-hetero) is 1. The molecule has 2 aromatic rings.